The van der Waals surface area contributed by atoms with Gasteiger partial charge in [-0.25, -0.2) is 0 Å². The zero-order valence-corrected chi connectivity index (χ0v) is 16.8. The second kappa shape index (κ2) is 11.8. The largest absolute Gasteiger partial charge is 0.393 e. The van der Waals surface area contributed by atoms with Crippen molar-refractivity contribution in [3.05, 3.63) is 35.4 Å². The Morgan fingerprint density at radius 3 is 2.46 bits per heavy atom. The van der Waals surface area contributed by atoms with Crippen LogP contribution in [0.5, 0.6) is 0 Å². The average molecular weight is 404 g/mol. The summed E-state index contributed by atoms with van der Waals surface area (Å²) in [5.41, 5.74) is 2.46. The first-order chi connectivity index (χ1) is 11.7. The Balaban J connectivity index is 0.00000169. The highest BCUT2D eigenvalue weighted by Crippen LogP contribution is 2.17. The fraction of sp³-hybridized carbons (Fsp3) is 0.632. The van der Waals surface area contributed by atoms with Gasteiger partial charge in [0.25, 0.3) is 0 Å². The molecule has 0 bridgehead atoms. The number of benzene rings is 1. The predicted octanol–water partition coefficient (Wildman–Crippen LogP) is 2.25. The van der Waals surface area contributed by atoms with E-state index in [0.717, 1.165) is 58.3 Å². The lowest BCUT2D eigenvalue weighted by Gasteiger charge is -2.30. The third-order valence-corrected chi connectivity index (χ3v) is 5.15. The molecule has 1 atom stereocenters. The molecule has 0 saturated carbocycles. The van der Waals surface area contributed by atoms with Crippen LogP contribution in [0.15, 0.2) is 24.3 Å². The van der Waals surface area contributed by atoms with Gasteiger partial charge in [0.05, 0.1) is 12.1 Å². The van der Waals surface area contributed by atoms with Gasteiger partial charge >= 0.3 is 0 Å². The van der Waals surface area contributed by atoms with Crippen LogP contribution in [0.3, 0.4) is 0 Å². The molecule has 2 fully saturated rings. The molecule has 26 heavy (non-hydrogen) atoms. The maximum absolute atomic E-state index is 12.3. The van der Waals surface area contributed by atoms with E-state index in [9.17, 15) is 9.90 Å². The standard InChI is InChI=1S/C19H29N3O2.2ClH/c23-17-8-11-22(12-9-17)14-16-6-2-1-5-15(16)13-21-19(24)18-7-3-4-10-20-18;;/h1-2,5-6,17-18,20,23H,3-4,7-14H2,(H,21,24);2*1H/t18-;;/m1../s1. The van der Waals surface area contributed by atoms with E-state index >= 15 is 0 Å². The summed E-state index contributed by atoms with van der Waals surface area (Å²) in [4.78, 5) is 14.7. The second-order valence-electron chi connectivity index (χ2n) is 7.00. The number of halogens is 2. The molecule has 2 aliphatic heterocycles. The molecule has 148 valence electrons. The minimum absolute atomic E-state index is 0. The van der Waals surface area contributed by atoms with Crippen molar-refractivity contribution in [2.24, 2.45) is 0 Å². The smallest absolute Gasteiger partial charge is 0.237 e. The Bertz CT molecular complexity index is 545. The van der Waals surface area contributed by atoms with Gasteiger partial charge in [-0.2, -0.15) is 0 Å². The maximum atomic E-state index is 12.3. The number of nitrogens with one attached hydrogen (secondary N) is 2. The van der Waals surface area contributed by atoms with Gasteiger partial charge in [0.1, 0.15) is 0 Å². The molecule has 3 N–H and O–H groups in total. The number of carbonyl (C=O) groups excluding carboxylic acids is 1. The van der Waals surface area contributed by atoms with E-state index in [-0.39, 0.29) is 42.9 Å². The van der Waals surface area contributed by atoms with Crippen molar-refractivity contribution in [3.63, 3.8) is 0 Å². The van der Waals surface area contributed by atoms with E-state index < -0.39 is 0 Å². The summed E-state index contributed by atoms with van der Waals surface area (Å²) in [6.07, 6.45) is 4.79. The Hall–Kier alpha value is -0.850. The summed E-state index contributed by atoms with van der Waals surface area (Å²) in [6.45, 7) is 4.29. The van der Waals surface area contributed by atoms with Crippen LogP contribution < -0.4 is 10.6 Å². The number of rotatable bonds is 5. The molecule has 1 amide bonds. The number of hydrogen-bond donors (Lipinski definition) is 3. The van der Waals surface area contributed by atoms with Crippen LogP contribution in [-0.4, -0.2) is 47.7 Å². The highest BCUT2D eigenvalue weighted by atomic mass is 35.5. The van der Waals surface area contributed by atoms with Crippen molar-refractivity contribution in [2.45, 2.75) is 57.3 Å². The van der Waals surface area contributed by atoms with Crippen molar-refractivity contribution in [1.29, 1.82) is 0 Å². The molecule has 1 aromatic rings. The van der Waals surface area contributed by atoms with Crippen molar-refractivity contribution in [1.82, 2.24) is 15.5 Å². The van der Waals surface area contributed by atoms with Crippen LogP contribution >= 0.6 is 24.8 Å². The average Bonchev–Trinajstić information content (AvgIpc) is 2.63. The quantitative estimate of drug-likeness (QED) is 0.705. The summed E-state index contributed by atoms with van der Waals surface area (Å²) < 4.78 is 0. The first kappa shape index (κ1) is 23.2. The molecular weight excluding hydrogens is 373 g/mol. The van der Waals surface area contributed by atoms with Crippen LogP contribution in [0.4, 0.5) is 0 Å². The fourth-order valence-electron chi connectivity index (χ4n) is 3.58. The van der Waals surface area contributed by atoms with Gasteiger partial charge < -0.3 is 15.7 Å². The molecule has 2 heterocycles. The molecular formula is C19H31Cl2N3O2. The Kier molecular flexibility index (Phi) is 10.5. The highest BCUT2D eigenvalue weighted by molar-refractivity contribution is 5.85. The normalized spacial score (nSPS) is 21.3. The number of carbonyl (C=O) groups is 1. The molecule has 0 aliphatic carbocycles. The maximum Gasteiger partial charge on any atom is 0.237 e. The van der Waals surface area contributed by atoms with Crippen molar-refractivity contribution in [3.8, 4) is 0 Å². The van der Waals surface area contributed by atoms with Crippen LogP contribution in [0, 0.1) is 0 Å². The third kappa shape index (κ3) is 6.71. The summed E-state index contributed by atoms with van der Waals surface area (Å²) in [5, 5.41) is 16.0. The molecule has 7 heteroatoms. The van der Waals surface area contributed by atoms with Gasteiger partial charge in [0.15, 0.2) is 0 Å². The van der Waals surface area contributed by atoms with E-state index in [2.05, 4.69) is 33.7 Å². The first-order valence-corrected chi connectivity index (χ1v) is 9.20. The topological polar surface area (TPSA) is 64.6 Å². The van der Waals surface area contributed by atoms with E-state index in [1.807, 2.05) is 6.07 Å². The lowest BCUT2D eigenvalue weighted by molar-refractivity contribution is -0.123. The number of piperidine rings is 2. The Morgan fingerprint density at radius 2 is 1.81 bits per heavy atom. The van der Waals surface area contributed by atoms with E-state index in [0.29, 0.717) is 6.54 Å². The van der Waals surface area contributed by atoms with Gasteiger partial charge in [-0.1, -0.05) is 30.7 Å². The van der Waals surface area contributed by atoms with Gasteiger partial charge in [-0.15, -0.1) is 24.8 Å². The third-order valence-electron chi connectivity index (χ3n) is 5.15. The van der Waals surface area contributed by atoms with Crippen LogP contribution in [0.2, 0.25) is 0 Å². The number of amides is 1. The summed E-state index contributed by atoms with van der Waals surface area (Å²) in [7, 11) is 0. The molecule has 5 nitrogen and oxygen atoms in total. The predicted molar refractivity (Wildman–Crippen MR) is 109 cm³/mol. The van der Waals surface area contributed by atoms with E-state index in [1.54, 1.807) is 0 Å². The van der Waals surface area contributed by atoms with Gasteiger partial charge in [0, 0.05) is 26.2 Å². The zero-order chi connectivity index (χ0) is 16.8. The number of hydrogen-bond acceptors (Lipinski definition) is 4. The van der Waals surface area contributed by atoms with Crippen molar-refractivity contribution in [2.75, 3.05) is 19.6 Å². The van der Waals surface area contributed by atoms with E-state index in [1.165, 1.54) is 11.1 Å². The van der Waals surface area contributed by atoms with Crippen LogP contribution in [-0.2, 0) is 17.9 Å². The molecule has 2 aliphatic rings. The second-order valence-corrected chi connectivity index (χ2v) is 7.00. The van der Waals surface area contributed by atoms with Gasteiger partial charge in [-0.3, -0.25) is 9.69 Å². The van der Waals surface area contributed by atoms with Crippen molar-refractivity contribution >= 4 is 30.7 Å². The Morgan fingerprint density at radius 1 is 1.12 bits per heavy atom. The van der Waals surface area contributed by atoms with Gasteiger partial charge in [0.2, 0.25) is 5.91 Å². The number of aliphatic hydroxyl groups excluding tert-OH is 1. The monoisotopic (exact) mass is 403 g/mol. The number of aliphatic hydroxyl groups is 1. The van der Waals surface area contributed by atoms with Crippen molar-refractivity contribution < 1.29 is 9.90 Å². The summed E-state index contributed by atoms with van der Waals surface area (Å²) in [6, 6.07) is 8.30. The van der Waals surface area contributed by atoms with E-state index in [4.69, 9.17) is 0 Å². The molecule has 0 spiro atoms. The number of likely N-dealkylation sites (tertiary alicyclic amines) is 1. The fourth-order valence-corrected chi connectivity index (χ4v) is 3.58. The molecule has 0 aromatic heterocycles. The lowest BCUT2D eigenvalue weighted by Crippen LogP contribution is -2.46. The highest BCUT2D eigenvalue weighted by Gasteiger charge is 2.21. The first-order valence-electron chi connectivity index (χ1n) is 9.20. The molecule has 0 radical (unpaired) electrons. The number of nitrogens with zero attached hydrogens (tertiary/aromatic N) is 1. The lowest BCUT2D eigenvalue weighted by atomic mass is 10.0. The molecule has 3 rings (SSSR count). The summed E-state index contributed by atoms with van der Waals surface area (Å²) >= 11 is 0. The molecule has 0 unspecified atom stereocenters. The van der Waals surface area contributed by atoms with Gasteiger partial charge in [-0.05, 0) is 43.4 Å². The SMILES string of the molecule is Cl.Cl.O=C(NCc1ccccc1CN1CCC(O)CC1)[C@H]1CCCCN1. The molecule has 2 saturated heterocycles. The zero-order valence-electron chi connectivity index (χ0n) is 15.2. The minimum atomic E-state index is -0.140. The Labute approximate surface area is 168 Å². The minimum Gasteiger partial charge on any atom is -0.393 e. The van der Waals surface area contributed by atoms with Crippen LogP contribution in [0.1, 0.15) is 43.2 Å². The van der Waals surface area contributed by atoms with Crippen LogP contribution in [0.25, 0.3) is 0 Å². The summed E-state index contributed by atoms with van der Waals surface area (Å²) in [5.74, 6) is 0.116. The molecule has 1 aromatic carbocycles.